The van der Waals surface area contributed by atoms with Crippen LogP contribution < -0.4 is 5.43 Å². The van der Waals surface area contributed by atoms with Crippen molar-refractivity contribution < 1.29 is 18.7 Å². The number of aromatic carboxylic acids is 1. The number of benzene rings is 1. The van der Waals surface area contributed by atoms with Gasteiger partial charge in [-0.3, -0.25) is 4.79 Å². The number of hydrogen-bond donors (Lipinski definition) is 1. The summed E-state index contributed by atoms with van der Waals surface area (Å²) < 4.78 is 28.1. The number of rotatable bonds is 2. The van der Waals surface area contributed by atoms with Gasteiger partial charge in [-0.05, 0) is 12.1 Å². The van der Waals surface area contributed by atoms with E-state index >= 15 is 0 Å². The second-order valence-electron chi connectivity index (χ2n) is 4.66. The Balaban J connectivity index is 2.45. The highest BCUT2D eigenvalue weighted by molar-refractivity contribution is 6.35. The van der Waals surface area contributed by atoms with E-state index in [1.807, 2.05) is 0 Å². The van der Waals surface area contributed by atoms with Crippen molar-refractivity contribution in [2.24, 2.45) is 0 Å². The van der Waals surface area contributed by atoms with Gasteiger partial charge in [0.2, 0.25) is 5.43 Å². The fourth-order valence-corrected chi connectivity index (χ4v) is 2.50. The molecule has 0 radical (unpaired) electrons. The van der Waals surface area contributed by atoms with Crippen molar-refractivity contribution >= 4 is 28.5 Å². The molecule has 1 aromatic carbocycles. The van der Waals surface area contributed by atoms with Gasteiger partial charge in [-0.15, -0.1) is 0 Å². The van der Waals surface area contributed by atoms with Crippen LogP contribution in [-0.2, 0) is 0 Å². The summed E-state index contributed by atoms with van der Waals surface area (Å²) in [5, 5.41) is 8.69. The van der Waals surface area contributed by atoms with Crippen molar-refractivity contribution in [3.05, 3.63) is 45.0 Å². The molecule has 0 bridgehead atoms. The maximum Gasteiger partial charge on any atom is 0.341 e. The van der Waals surface area contributed by atoms with Crippen molar-refractivity contribution in [3.63, 3.8) is 0 Å². The van der Waals surface area contributed by atoms with E-state index in [1.54, 1.807) is 0 Å². The molecule has 0 amide bonds. The summed E-state index contributed by atoms with van der Waals surface area (Å²) in [6, 6.07) is 1.54. The van der Waals surface area contributed by atoms with Gasteiger partial charge in [0.1, 0.15) is 22.6 Å². The van der Waals surface area contributed by atoms with Crippen molar-refractivity contribution in [1.29, 1.82) is 0 Å². The van der Waals surface area contributed by atoms with Gasteiger partial charge in [-0.1, -0.05) is 11.6 Å². The van der Waals surface area contributed by atoms with E-state index in [2.05, 4.69) is 0 Å². The van der Waals surface area contributed by atoms with Crippen LogP contribution in [0.5, 0.6) is 0 Å². The Morgan fingerprint density at radius 3 is 2.65 bits per heavy atom. The Hall–Kier alpha value is -1.95. The van der Waals surface area contributed by atoms with Gasteiger partial charge < -0.3 is 9.67 Å². The van der Waals surface area contributed by atoms with Crippen LogP contribution in [-0.4, -0.2) is 21.8 Å². The summed E-state index contributed by atoms with van der Waals surface area (Å²) in [5.41, 5.74) is -1.22. The molecule has 3 rings (SSSR count). The summed E-state index contributed by atoms with van der Waals surface area (Å²) in [7, 11) is 0. The maximum atomic E-state index is 13.5. The van der Waals surface area contributed by atoms with Gasteiger partial charge in [-0.25, -0.2) is 13.6 Å². The summed E-state index contributed by atoms with van der Waals surface area (Å²) in [5.74, 6) is -2.16. The number of carboxylic acid groups (broad SMARTS) is 1. The monoisotopic (exact) mass is 299 g/mol. The SMILES string of the molecule is O=C(O)c1cn(C2CC2F)c2c(Cl)c(F)ccc2c1=O. The molecule has 1 heterocycles. The van der Waals surface area contributed by atoms with Gasteiger partial charge in [-0.2, -0.15) is 0 Å². The average molecular weight is 300 g/mol. The number of alkyl halides is 1. The van der Waals surface area contributed by atoms with E-state index in [4.69, 9.17) is 16.7 Å². The highest BCUT2D eigenvalue weighted by Gasteiger charge is 2.40. The second-order valence-corrected chi connectivity index (χ2v) is 5.04. The van der Waals surface area contributed by atoms with Crippen LogP contribution in [0.2, 0.25) is 5.02 Å². The largest absolute Gasteiger partial charge is 0.477 e. The molecule has 104 valence electrons. The molecular weight excluding hydrogens is 292 g/mol. The molecule has 20 heavy (non-hydrogen) atoms. The highest BCUT2D eigenvalue weighted by Crippen LogP contribution is 2.41. The van der Waals surface area contributed by atoms with E-state index in [0.29, 0.717) is 0 Å². The van der Waals surface area contributed by atoms with E-state index in [0.717, 1.165) is 18.3 Å². The molecule has 1 fully saturated rings. The van der Waals surface area contributed by atoms with Crippen LogP contribution in [0.1, 0.15) is 22.8 Å². The van der Waals surface area contributed by atoms with E-state index in [9.17, 15) is 18.4 Å². The number of halogens is 3. The minimum atomic E-state index is -1.41. The second kappa shape index (κ2) is 4.28. The lowest BCUT2D eigenvalue weighted by molar-refractivity contribution is 0.0694. The lowest BCUT2D eigenvalue weighted by Gasteiger charge is -2.13. The smallest absolute Gasteiger partial charge is 0.341 e. The lowest BCUT2D eigenvalue weighted by Crippen LogP contribution is -2.19. The quantitative estimate of drug-likeness (QED) is 0.927. The van der Waals surface area contributed by atoms with Crippen LogP contribution in [0.3, 0.4) is 0 Å². The molecule has 7 heteroatoms. The molecule has 1 aliphatic rings. The summed E-state index contributed by atoms with van der Waals surface area (Å²) >= 11 is 5.85. The number of carbonyl (C=O) groups is 1. The van der Waals surface area contributed by atoms with Crippen molar-refractivity contribution in [1.82, 2.24) is 4.57 Å². The van der Waals surface area contributed by atoms with Gasteiger partial charge in [0, 0.05) is 18.0 Å². The fraction of sp³-hybridized carbons (Fsp3) is 0.231. The first-order valence-electron chi connectivity index (χ1n) is 5.82. The molecule has 0 spiro atoms. The molecule has 1 N–H and O–H groups in total. The molecule has 1 aromatic heterocycles. The molecule has 2 atom stereocenters. The average Bonchev–Trinajstić information content (AvgIpc) is 3.11. The van der Waals surface area contributed by atoms with Crippen molar-refractivity contribution in [3.8, 4) is 0 Å². The van der Waals surface area contributed by atoms with Crippen LogP contribution in [0.25, 0.3) is 10.9 Å². The number of nitrogens with zero attached hydrogens (tertiary/aromatic N) is 1. The molecule has 0 saturated heterocycles. The molecule has 1 saturated carbocycles. The van der Waals surface area contributed by atoms with Gasteiger partial charge in [0.05, 0.1) is 11.6 Å². The number of hydrogen-bond acceptors (Lipinski definition) is 2. The normalized spacial score (nSPS) is 21.1. The number of fused-ring (bicyclic) bond motifs is 1. The first kappa shape index (κ1) is 13.1. The Bertz CT molecular complexity index is 802. The predicted octanol–water partition coefficient (Wildman–Crippen LogP) is 2.78. The molecular formula is C13H8ClF2NO3. The summed E-state index contributed by atoms with van der Waals surface area (Å²) in [4.78, 5) is 23.1. The third-order valence-electron chi connectivity index (χ3n) is 3.35. The number of pyridine rings is 1. The zero-order valence-electron chi connectivity index (χ0n) is 9.94. The van der Waals surface area contributed by atoms with E-state index in [1.165, 1.54) is 4.57 Å². The third kappa shape index (κ3) is 1.79. The van der Waals surface area contributed by atoms with Crippen LogP contribution >= 0.6 is 11.6 Å². The van der Waals surface area contributed by atoms with E-state index < -0.39 is 35.0 Å². The molecule has 1 aliphatic carbocycles. The Morgan fingerprint density at radius 2 is 2.10 bits per heavy atom. The molecule has 2 unspecified atom stereocenters. The standard InChI is InChI=1S/C13H8ClF2NO3/c14-10-7(15)2-1-5-11(10)17(9-3-8(9)16)4-6(12(5)18)13(19)20/h1-2,4,8-9H,3H2,(H,19,20). The van der Waals surface area contributed by atoms with Crippen molar-refractivity contribution in [2.45, 2.75) is 18.6 Å². The topological polar surface area (TPSA) is 59.3 Å². The first-order chi connectivity index (χ1) is 9.41. The zero-order chi connectivity index (χ0) is 14.6. The van der Waals surface area contributed by atoms with Gasteiger partial charge >= 0.3 is 5.97 Å². The van der Waals surface area contributed by atoms with Crippen LogP contribution in [0.15, 0.2) is 23.1 Å². The minimum absolute atomic E-state index is 0.0320. The number of aromatic nitrogens is 1. The Labute approximate surface area is 116 Å². The van der Waals surface area contributed by atoms with Crippen LogP contribution in [0.4, 0.5) is 8.78 Å². The summed E-state index contributed by atoms with van der Waals surface area (Å²) in [6.07, 6.45) is 0.0635. The maximum absolute atomic E-state index is 13.5. The van der Waals surface area contributed by atoms with Crippen molar-refractivity contribution in [2.75, 3.05) is 0 Å². The number of carboxylic acids is 1. The molecule has 4 nitrogen and oxygen atoms in total. The zero-order valence-corrected chi connectivity index (χ0v) is 10.7. The third-order valence-corrected chi connectivity index (χ3v) is 3.71. The molecule has 2 aromatic rings. The van der Waals surface area contributed by atoms with Gasteiger partial charge in [0.15, 0.2) is 0 Å². The fourth-order valence-electron chi connectivity index (χ4n) is 2.24. The summed E-state index contributed by atoms with van der Waals surface area (Å²) in [6.45, 7) is 0. The Kier molecular flexibility index (Phi) is 2.79. The minimum Gasteiger partial charge on any atom is -0.477 e. The highest BCUT2D eigenvalue weighted by atomic mass is 35.5. The Morgan fingerprint density at radius 1 is 1.45 bits per heavy atom. The predicted molar refractivity (Wildman–Crippen MR) is 68.7 cm³/mol. The van der Waals surface area contributed by atoms with Gasteiger partial charge in [0.25, 0.3) is 0 Å². The molecule has 0 aliphatic heterocycles. The lowest BCUT2D eigenvalue weighted by atomic mass is 10.1. The van der Waals surface area contributed by atoms with E-state index in [-0.39, 0.29) is 22.3 Å². The van der Waals surface area contributed by atoms with Crippen LogP contribution in [0, 0.1) is 5.82 Å². The first-order valence-corrected chi connectivity index (χ1v) is 6.20.